The fourth-order valence-corrected chi connectivity index (χ4v) is 3.34. The first kappa shape index (κ1) is 19.2. The lowest BCUT2D eigenvalue weighted by Gasteiger charge is -2.37. The van der Waals surface area contributed by atoms with Crippen LogP contribution in [0.4, 0.5) is 13.2 Å². The fraction of sp³-hybridized carbons (Fsp3) is 1.00. The molecule has 19 heavy (non-hydrogen) atoms. The van der Waals surface area contributed by atoms with Gasteiger partial charge in [0, 0.05) is 18.4 Å². The van der Waals surface area contributed by atoms with Gasteiger partial charge in [-0.15, -0.1) is 0 Å². The summed E-state index contributed by atoms with van der Waals surface area (Å²) in [5.74, 6) is 0. The normalized spacial score (nSPS) is 13.3. The van der Waals surface area contributed by atoms with Crippen molar-refractivity contribution in [2.24, 2.45) is 5.41 Å². The minimum Gasteiger partial charge on any atom is -0.395 e. The maximum absolute atomic E-state index is 12.5. The van der Waals surface area contributed by atoms with Gasteiger partial charge in [-0.05, 0) is 18.3 Å². The van der Waals surface area contributed by atoms with Crippen LogP contribution in [-0.2, 0) is 0 Å². The summed E-state index contributed by atoms with van der Waals surface area (Å²) >= 11 is 3.46. The summed E-state index contributed by atoms with van der Waals surface area (Å²) in [7, 11) is 0. The predicted molar refractivity (Wildman–Crippen MR) is 75.6 cm³/mol. The van der Waals surface area contributed by atoms with Gasteiger partial charge in [0.2, 0.25) is 0 Å². The van der Waals surface area contributed by atoms with Gasteiger partial charge in [0.25, 0.3) is 0 Å². The Bertz CT molecular complexity index is 230. The van der Waals surface area contributed by atoms with Gasteiger partial charge in [-0.3, -0.25) is 4.90 Å². The second-order valence-electron chi connectivity index (χ2n) is 5.18. The monoisotopic (exact) mass is 347 g/mol. The van der Waals surface area contributed by atoms with Crippen molar-refractivity contribution in [2.75, 3.05) is 31.6 Å². The van der Waals surface area contributed by atoms with E-state index in [0.717, 1.165) is 25.7 Å². The molecular formula is C13H25BrF3NO. The maximum atomic E-state index is 12.5. The van der Waals surface area contributed by atoms with Gasteiger partial charge in [-0.25, -0.2) is 0 Å². The highest BCUT2D eigenvalue weighted by Crippen LogP contribution is 2.34. The molecule has 0 saturated carbocycles. The van der Waals surface area contributed by atoms with Crippen LogP contribution in [0.25, 0.3) is 0 Å². The van der Waals surface area contributed by atoms with Gasteiger partial charge in [0.15, 0.2) is 0 Å². The average molecular weight is 348 g/mol. The topological polar surface area (TPSA) is 23.5 Å². The number of halogens is 4. The third-order valence-electron chi connectivity index (χ3n) is 3.22. The Hall–Kier alpha value is 0.190. The van der Waals surface area contributed by atoms with Crippen LogP contribution in [0.15, 0.2) is 0 Å². The fourth-order valence-electron chi connectivity index (χ4n) is 2.60. The zero-order chi connectivity index (χ0) is 14.9. The third kappa shape index (κ3) is 8.15. The SMILES string of the molecule is CCCC(CBr)(CCC)CN(CCO)CC(F)(F)F. The number of hydrogen-bond donors (Lipinski definition) is 1. The first-order chi connectivity index (χ1) is 8.82. The summed E-state index contributed by atoms with van der Waals surface area (Å²) in [5, 5.41) is 9.64. The van der Waals surface area contributed by atoms with E-state index < -0.39 is 12.7 Å². The van der Waals surface area contributed by atoms with E-state index in [0.29, 0.717) is 11.9 Å². The van der Waals surface area contributed by atoms with E-state index >= 15 is 0 Å². The Morgan fingerprint density at radius 1 is 1.05 bits per heavy atom. The molecule has 0 aliphatic rings. The van der Waals surface area contributed by atoms with Crippen LogP contribution in [0.1, 0.15) is 39.5 Å². The van der Waals surface area contributed by atoms with Crippen molar-refractivity contribution in [1.82, 2.24) is 4.90 Å². The van der Waals surface area contributed by atoms with Gasteiger partial charge in [0.1, 0.15) is 0 Å². The Balaban J connectivity index is 4.80. The minimum absolute atomic E-state index is 0.0711. The largest absolute Gasteiger partial charge is 0.401 e. The molecule has 0 fully saturated rings. The van der Waals surface area contributed by atoms with E-state index in [4.69, 9.17) is 5.11 Å². The number of hydrogen-bond acceptors (Lipinski definition) is 2. The van der Waals surface area contributed by atoms with Crippen molar-refractivity contribution in [3.05, 3.63) is 0 Å². The Morgan fingerprint density at radius 2 is 1.58 bits per heavy atom. The van der Waals surface area contributed by atoms with Crippen LogP contribution in [0.5, 0.6) is 0 Å². The number of aliphatic hydroxyl groups excluding tert-OH is 1. The molecule has 0 saturated heterocycles. The molecule has 1 N–H and O–H groups in total. The molecule has 0 aromatic rings. The number of aliphatic hydroxyl groups is 1. The lowest BCUT2D eigenvalue weighted by Crippen LogP contribution is -2.44. The highest BCUT2D eigenvalue weighted by Gasteiger charge is 2.35. The standard InChI is InChI=1S/C13H25BrF3NO/c1-3-5-12(9-14,6-4-2)10-18(7-8-19)11-13(15,16)17/h19H,3-11H2,1-2H3. The van der Waals surface area contributed by atoms with Crippen LogP contribution < -0.4 is 0 Å². The molecule has 116 valence electrons. The molecule has 0 aliphatic carbocycles. The quantitative estimate of drug-likeness (QED) is 0.607. The van der Waals surface area contributed by atoms with Crippen molar-refractivity contribution in [3.63, 3.8) is 0 Å². The molecule has 0 amide bonds. The molecule has 0 aliphatic heterocycles. The van der Waals surface area contributed by atoms with E-state index in [-0.39, 0.29) is 18.6 Å². The van der Waals surface area contributed by atoms with Gasteiger partial charge in [0.05, 0.1) is 13.2 Å². The summed E-state index contributed by atoms with van der Waals surface area (Å²) in [6.45, 7) is 3.35. The molecule has 6 heteroatoms. The molecular weight excluding hydrogens is 323 g/mol. The summed E-state index contributed by atoms with van der Waals surface area (Å²) in [6.07, 6.45) is -0.529. The van der Waals surface area contributed by atoms with E-state index in [2.05, 4.69) is 15.9 Å². The van der Waals surface area contributed by atoms with Crippen LogP contribution in [0.2, 0.25) is 0 Å². The van der Waals surface area contributed by atoms with Crippen molar-refractivity contribution < 1.29 is 18.3 Å². The highest BCUT2D eigenvalue weighted by molar-refractivity contribution is 9.09. The van der Waals surface area contributed by atoms with Gasteiger partial charge in [-0.1, -0.05) is 42.6 Å². The minimum atomic E-state index is -4.22. The average Bonchev–Trinajstić information content (AvgIpc) is 2.27. The Labute approximate surface area is 122 Å². The predicted octanol–water partition coefficient (Wildman–Crippen LogP) is 3.82. The van der Waals surface area contributed by atoms with E-state index in [1.54, 1.807) is 0 Å². The molecule has 0 bridgehead atoms. The maximum Gasteiger partial charge on any atom is 0.401 e. The van der Waals surface area contributed by atoms with E-state index in [1.165, 1.54) is 4.90 Å². The zero-order valence-electron chi connectivity index (χ0n) is 11.8. The second-order valence-corrected chi connectivity index (χ2v) is 5.74. The van der Waals surface area contributed by atoms with Crippen molar-refractivity contribution in [2.45, 2.75) is 45.7 Å². The highest BCUT2D eigenvalue weighted by atomic mass is 79.9. The van der Waals surface area contributed by atoms with Crippen molar-refractivity contribution in [3.8, 4) is 0 Å². The van der Waals surface area contributed by atoms with Gasteiger partial charge >= 0.3 is 6.18 Å². The molecule has 0 spiro atoms. The summed E-state index contributed by atoms with van der Waals surface area (Å²) in [4.78, 5) is 1.33. The molecule has 0 aromatic heterocycles. The molecule has 0 heterocycles. The third-order valence-corrected chi connectivity index (χ3v) is 4.41. The molecule has 0 aromatic carbocycles. The summed E-state index contributed by atoms with van der Waals surface area (Å²) in [5.41, 5.74) is -0.135. The number of rotatable bonds is 10. The van der Waals surface area contributed by atoms with Crippen LogP contribution in [0, 0.1) is 5.41 Å². The first-order valence-corrected chi connectivity index (χ1v) is 7.90. The molecule has 0 atom stereocenters. The van der Waals surface area contributed by atoms with Crippen LogP contribution in [0.3, 0.4) is 0 Å². The van der Waals surface area contributed by atoms with Gasteiger partial charge < -0.3 is 5.11 Å². The van der Waals surface area contributed by atoms with Crippen molar-refractivity contribution in [1.29, 1.82) is 0 Å². The van der Waals surface area contributed by atoms with Crippen molar-refractivity contribution >= 4 is 15.9 Å². The van der Waals surface area contributed by atoms with Crippen LogP contribution in [-0.4, -0.2) is 47.8 Å². The zero-order valence-corrected chi connectivity index (χ0v) is 13.4. The number of nitrogens with zero attached hydrogens (tertiary/aromatic N) is 1. The molecule has 0 unspecified atom stereocenters. The van der Waals surface area contributed by atoms with E-state index in [1.807, 2.05) is 13.8 Å². The summed E-state index contributed by atoms with van der Waals surface area (Å²) in [6, 6.07) is 0. The lowest BCUT2D eigenvalue weighted by atomic mass is 9.80. The summed E-state index contributed by atoms with van der Waals surface area (Å²) < 4.78 is 37.6. The van der Waals surface area contributed by atoms with Crippen LogP contribution >= 0.6 is 15.9 Å². The molecule has 0 rings (SSSR count). The van der Waals surface area contributed by atoms with E-state index in [9.17, 15) is 13.2 Å². The Morgan fingerprint density at radius 3 is 1.89 bits per heavy atom. The molecule has 0 radical (unpaired) electrons. The van der Waals surface area contributed by atoms with Gasteiger partial charge in [-0.2, -0.15) is 13.2 Å². The first-order valence-electron chi connectivity index (χ1n) is 6.78. The smallest absolute Gasteiger partial charge is 0.395 e. The Kier molecular flexibility index (Phi) is 9.28. The number of alkyl halides is 4. The lowest BCUT2D eigenvalue weighted by molar-refractivity contribution is -0.150. The second kappa shape index (κ2) is 9.19. The molecule has 2 nitrogen and oxygen atoms in total.